The van der Waals surface area contributed by atoms with Crippen molar-refractivity contribution < 1.29 is 14.6 Å². The first kappa shape index (κ1) is 14.3. The number of aliphatic carboxylic acids is 1. The van der Waals surface area contributed by atoms with Crippen LogP contribution in [0.15, 0.2) is 36.4 Å². The predicted octanol–water partition coefficient (Wildman–Crippen LogP) is 3.29. The standard InChI is InChI=1S/C15H20O3/c1-11(2)8-9-13(15(16)17)10-12-6-4-5-7-14(12)18-3/h4-7,13H,1,8-10H2,2-3H3,(H,16,17). The lowest BCUT2D eigenvalue weighted by Crippen LogP contribution is -2.17. The quantitative estimate of drug-likeness (QED) is 0.753. The molecule has 98 valence electrons. The molecule has 1 rings (SSSR count). The molecule has 0 heterocycles. The number of rotatable bonds is 7. The molecule has 1 unspecified atom stereocenters. The molecule has 0 bridgehead atoms. The van der Waals surface area contributed by atoms with Gasteiger partial charge in [-0.25, -0.2) is 0 Å². The van der Waals surface area contributed by atoms with E-state index in [9.17, 15) is 9.90 Å². The van der Waals surface area contributed by atoms with Crippen LogP contribution in [0.3, 0.4) is 0 Å². The lowest BCUT2D eigenvalue weighted by atomic mass is 9.93. The second-order valence-corrected chi connectivity index (χ2v) is 4.55. The minimum atomic E-state index is -0.762. The molecule has 1 aromatic rings. The Balaban J connectivity index is 2.76. The van der Waals surface area contributed by atoms with E-state index in [0.717, 1.165) is 23.3 Å². The first-order valence-corrected chi connectivity index (χ1v) is 6.03. The maximum Gasteiger partial charge on any atom is 0.306 e. The van der Waals surface area contributed by atoms with Gasteiger partial charge in [-0.3, -0.25) is 4.79 Å². The van der Waals surface area contributed by atoms with Crippen molar-refractivity contribution in [3.05, 3.63) is 42.0 Å². The molecule has 18 heavy (non-hydrogen) atoms. The number of allylic oxidation sites excluding steroid dienone is 1. The average Bonchev–Trinajstić information content (AvgIpc) is 2.34. The molecule has 0 fully saturated rings. The number of para-hydroxylation sites is 1. The van der Waals surface area contributed by atoms with Crippen LogP contribution >= 0.6 is 0 Å². The highest BCUT2D eigenvalue weighted by molar-refractivity contribution is 5.70. The molecule has 1 aromatic carbocycles. The lowest BCUT2D eigenvalue weighted by Gasteiger charge is -2.14. The van der Waals surface area contributed by atoms with Gasteiger partial charge in [0.15, 0.2) is 0 Å². The number of carboxylic acids is 1. The summed E-state index contributed by atoms with van der Waals surface area (Å²) in [5, 5.41) is 9.24. The molecule has 0 amide bonds. The maximum atomic E-state index is 11.2. The van der Waals surface area contributed by atoms with Crippen molar-refractivity contribution >= 4 is 5.97 Å². The van der Waals surface area contributed by atoms with E-state index in [4.69, 9.17) is 4.74 Å². The summed E-state index contributed by atoms with van der Waals surface area (Å²) in [4.78, 5) is 11.2. The van der Waals surface area contributed by atoms with Crippen molar-refractivity contribution in [1.82, 2.24) is 0 Å². The third kappa shape index (κ3) is 4.24. The molecule has 3 heteroatoms. The minimum Gasteiger partial charge on any atom is -0.496 e. The van der Waals surface area contributed by atoms with E-state index in [0.29, 0.717) is 12.8 Å². The highest BCUT2D eigenvalue weighted by Crippen LogP contribution is 2.24. The molecule has 1 N–H and O–H groups in total. The molecule has 0 saturated carbocycles. The van der Waals surface area contributed by atoms with Crippen LogP contribution in [-0.4, -0.2) is 18.2 Å². The first-order valence-electron chi connectivity index (χ1n) is 6.03. The third-order valence-corrected chi connectivity index (χ3v) is 2.93. The summed E-state index contributed by atoms with van der Waals surface area (Å²) in [5.41, 5.74) is 1.95. The molecule has 0 aliphatic carbocycles. The summed E-state index contributed by atoms with van der Waals surface area (Å²) in [7, 11) is 1.60. The van der Waals surface area contributed by atoms with Crippen molar-refractivity contribution in [3.63, 3.8) is 0 Å². The van der Waals surface area contributed by atoms with Crippen molar-refractivity contribution in [3.8, 4) is 5.75 Å². The van der Waals surface area contributed by atoms with Gasteiger partial charge >= 0.3 is 5.97 Å². The fraction of sp³-hybridized carbons (Fsp3) is 0.400. The predicted molar refractivity (Wildman–Crippen MR) is 71.9 cm³/mol. The van der Waals surface area contributed by atoms with E-state index in [1.807, 2.05) is 31.2 Å². The van der Waals surface area contributed by atoms with Crippen molar-refractivity contribution in [2.75, 3.05) is 7.11 Å². The van der Waals surface area contributed by atoms with Gasteiger partial charge in [-0.05, 0) is 37.8 Å². The number of carbonyl (C=O) groups is 1. The number of hydrogen-bond donors (Lipinski definition) is 1. The monoisotopic (exact) mass is 248 g/mol. The van der Waals surface area contributed by atoms with Crippen LogP contribution in [0.25, 0.3) is 0 Å². The van der Waals surface area contributed by atoms with E-state index >= 15 is 0 Å². The molecular weight excluding hydrogens is 228 g/mol. The molecule has 3 nitrogen and oxygen atoms in total. The van der Waals surface area contributed by atoms with Gasteiger partial charge in [-0.2, -0.15) is 0 Å². The molecule has 0 aliphatic rings. The maximum absolute atomic E-state index is 11.2. The Labute approximate surface area is 108 Å². The fourth-order valence-electron chi connectivity index (χ4n) is 1.87. The SMILES string of the molecule is C=C(C)CCC(Cc1ccccc1OC)C(=O)O. The van der Waals surface area contributed by atoms with Gasteiger partial charge in [0.25, 0.3) is 0 Å². The molecule has 0 aromatic heterocycles. The van der Waals surface area contributed by atoms with E-state index in [2.05, 4.69) is 6.58 Å². The van der Waals surface area contributed by atoms with Crippen LogP contribution in [-0.2, 0) is 11.2 Å². The largest absolute Gasteiger partial charge is 0.496 e. The summed E-state index contributed by atoms with van der Waals surface area (Å²) < 4.78 is 5.24. The van der Waals surface area contributed by atoms with Crippen LogP contribution in [0.2, 0.25) is 0 Å². The van der Waals surface area contributed by atoms with Crippen LogP contribution in [0.1, 0.15) is 25.3 Å². The van der Waals surface area contributed by atoms with Gasteiger partial charge in [0.2, 0.25) is 0 Å². The molecule has 1 atom stereocenters. The summed E-state index contributed by atoms with van der Waals surface area (Å²) in [6.07, 6.45) is 1.85. The Bertz CT molecular complexity index is 424. The second-order valence-electron chi connectivity index (χ2n) is 4.55. The molecular formula is C15H20O3. The van der Waals surface area contributed by atoms with E-state index < -0.39 is 11.9 Å². The second kappa shape index (κ2) is 6.84. The Morgan fingerprint density at radius 2 is 2.11 bits per heavy atom. The Kier molecular flexibility index (Phi) is 5.43. The van der Waals surface area contributed by atoms with Gasteiger partial charge in [-0.1, -0.05) is 23.8 Å². The van der Waals surface area contributed by atoms with E-state index in [1.165, 1.54) is 0 Å². The summed E-state index contributed by atoms with van der Waals surface area (Å²) in [6, 6.07) is 7.55. The topological polar surface area (TPSA) is 46.5 Å². The van der Waals surface area contributed by atoms with Crippen molar-refractivity contribution in [1.29, 1.82) is 0 Å². The van der Waals surface area contributed by atoms with Gasteiger partial charge in [-0.15, -0.1) is 6.58 Å². The minimum absolute atomic E-state index is 0.391. The summed E-state index contributed by atoms with van der Waals surface area (Å²) >= 11 is 0. The van der Waals surface area contributed by atoms with E-state index in [-0.39, 0.29) is 0 Å². The lowest BCUT2D eigenvalue weighted by molar-refractivity contribution is -0.141. The zero-order valence-electron chi connectivity index (χ0n) is 11.0. The van der Waals surface area contributed by atoms with Gasteiger partial charge in [0, 0.05) is 0 Å². The number of hydrogen-bond acceptors (Lipinski definition) is 2. The van der Waals surface area contributed by atoms with Crippen LogP contribution in [0, 0.1) is 5.92 Å². The van der Waals surface area contributed by atoms with Crippen LogP contribution in [0.4, 0.5) is 0 Å². The van der Waals surface area contributed by atoms with Crippen LogP contribution < -0.4 is 4.74 Å². The zero-order chi connectivity index (χ0) is 13.5. The molecule has 0 aliphatic heterocycles. The Hall–Kier alpha value is -1.77. The van der Waals surface area contributed by atoms with E-state index in [1.54, 1.807) is 7.11 Å². The molecule has 0 radical (unpaired) electrons. The van der Waals surface area contributed by atoms with Crippen molar-refractivity contribution in [2.45, 2.75) is 26.2 Å². The van der Waals surface area contributed by atoms with Crippen LogP contribution in [0.5, 0.6) is 5.75 Å². The number of carboxylic acid groups (broad SMARTS) is 1. The zero-order valence-corrected chi connectivity index (χ0v) is 11.0. The summed E-state index contributed by atoms with van der Waals surface area (Å²) in [6.45, 7) is 5.73. The first-order chi connectivity index (χ1) is 8.54. The van der Waals surface area contributed by atoms with Gasteiger partial charge < -0.3 is 9.84 Å². The van der Waals surface area contributed by atoms with Crippen molar-refractivity contribution in [2.24, 2.45) is 5.92 Å². The molecule has 0 saturated heterocycles. The summed E-state index contributed by atoms with van der Waals surface area (Å²) in [5.74, 6) is -0.403. The normalized spacial score (nSPS) is 11.9. The Morgan fingerprint density at radius 1 is 1.44 bits per heavy atom. The third-order valence-electron chi connectivity index (χ3n) is 2.93. The number of benzene rings is 1. The molecule has 0 spiro atoms. The number of methoxy groups -OCH3 is 1. The van der Waals surface area contributed by atoms with Gasteiger partial charge in [0.05, 0.1) is 13.0 Å². The smallest absolute Gasteiger partial charge is 0.306 e. The highest BCUT2D eigenvalue weighted by atomic mass is 16.5. The number of ether oxygens (including phenoxy) is 1. The fourth-order valence-corrected chi connectivity index (χ4v) is 1.87. The average molecular weight is 248 g/mol. The Morgan fingerprint density at radius 3 is 2.67 bits per heavy atom. The highest BCUT2D eigenvalue weighted by Gasteiger charge is 2.19. The van der Waals surface area contributed by atoms with Gasteiger partial charge in [0.1, 0.15) is 5.75 Å².